The summed E-state index contributed by atoms with van der Waals surface area (Å²) in [5.74, 6) is 0.453. The monoisotopic (exact) mass is 307 g/mol. The van der Waals surface area contributed by atoms with Gasteiger partial charge in [-0.15, -0.1) is 10.2 Å². The molecule has 1 aromatic carbocycles. The first kappa shape index (κ1) is 14.0. The SMILES string of the molecule is FC(F)(F)c1ccc(Nc2nccnc2-c2nnco2)cc1. The Bertz CT molecular complexity index is 756. The summed E-state index contributed by atoms with van der Waals surface area (Å²) in [4.78, 5) is 8.15. The summed E-state index contributed by atoms with van der Waals surface area (Å²) in [6, 6.07) is 4.56. The highest BCUT2D eigenvalue weighted by atomic mass is 19.4. The van der Waals surface area contributed by atoms with Crippen molar-refractivity contribution in [2.45, 2.75) is 6.18 Å². The molecule has 0 bridgehead atoms. The lowest BCUT2D eigenvalue weighted by Crippen LogP contribution is -2.05. The van der Waals surface area contributed by atoms with E-state index in [-0.39, 0.29) is 5.89 Å². The van der Waals surface area contributed by atoms with Crippen LogP contribution in [0.2, 0.25) is 0 Å². The van der Waals surface area contributed by atoms with Crippen LogP contribution in [-0.4, -0.2) is 20.2 Å². The van der Waals surface area contributed by atoms with Gasteiger partial charge in [0.25, 0.3) is 5.89 Å². The van der Waals surface area contributed by atoms with E-state index >= 15 is 0 Å². The molecule has 0 saturated carbocycles. The van der Waals surface area contributed by atoms with Crippen LogP contribution in [0.25, 0.3) is 11.6 Å². The van der Waals surface area contributed by atoms with Crippen LogP contribution < -0.4 is 5.32 Å². The Morgan fingerprint density at radius 3 is 2.36 bits per heavy atom. The maximum absolute atomic E-state index is 12.5. The average molecular weight is 307 g/mol. The van der Waals surface area contributed by atoms with Crippen molar-refractivity contribution in [2.24, 2.45) is 0 Å². The van der Waals surface area contributed by atoms with E-state index in [9.17, 15) is 13.2 Å². The van der Waals surface area contributed by atoms with Gasteiger partial charge in [-0.2, -0.15) is 13.2 Å². The number of anilines is 2. The van der Waals surface area contributed by atoms with Gasteiger partial charge in [-0.3, -0.25) is 0 Å². The summed E-state index contributed by atoms with van der Waals surface area (Å²) in [6.07, 6.45) is -0.352. The molecular formula is C13H8F3N5O. The lowest BCUT2D eigenvalue weighted by Gasteiger charge is -2.10. The maximum atomic E-state index is 12.5. The molecule has 0 aliphatic carbocycles. The second-order valence-electron chi connectivity index (χ2n) is 4.20. The number of benzene rings is 1. The topological polar surface area (TPSA) is 76.7 Å². The number of hydrogen-bond donors (Lipinski definition) is 1. The van der Waals surface area contributed by atoms with Gasteiger partial charge in [-0.25, -0.2) is 9.97 Å². The zero-order valence-corrected chi connectivity index (χ0v) is 10.9. The number of alkyl halides is 3. The van der Waals surface area contributed by atoms with E-state index in [0.717, 1.165) is 18.5 Å². The second-order valence-corrected chi connectivity index (χ2v) is 4.20. The molecule has 0 unspecified atom stereocenters. The van der Waals surface area contributed by atoms with Crippen molar-refractivity contribution in [3.63, 3.8) is 0 Å². The third-order valence-electron chi connectivity index (χ3n) is 2.74. The number of nitrogens with one attached hydrogen (secondary N) is 1. The third kappa shape index (κ3) is 2.87. The van der Waals surface area contributed by atoms with Gasteiger partial charge in [0.2, 0.25) is 6.39 Å². The highest BCUT2D eigenvalue weighted by molar-refractivity contribution is 5.69. The number of nitrogens with zero attached hydrogens (tertiary/aromatic N) is 4. The number of hydrogen-bond acceptors (Lipinski definition) is 6. The van der Waals surface area contributed by atoms with Gasteiger partial charge in [0.1, 0.15) is 0 Å². The zero-order chi connectivity index (χ0) is 15.6. The fourth-order valence-corrected chi connectivity index (χ4v) is 1.74. The predicted octanol–water partition coefficient (Wildman–Crippen LogP) is 3.29. The Morgan fingerprint density at radius 1 is 1.00 bits per heavy atom. The van der Waals surface area contributed by atoms with Crippen molar-refractivity contribution >= 4 is 11.5 Å². The first-order chi connectivity index (χ1) is 10.5. The highest BCUT2D eigenvalue weighted by Gasteiger charge is 2.30. The minimum atomic E-state index is -4.37. The Balaban J connectivity index is 1.88. The minimum absolute atomic E-state index is 0.155. The van der Waals surface area contributed by atoms with Crippen LogP contribution in [0.4, 0.5) is 24.7 Å². The molecule has 3 rings (SSSR count). The van der Waals surface area contributed by atoms with E-state index in [0.29, 0.717) is 17.2 Å². The third-order valence-corrected chi connectivity index (χ3v) is 2.74. The predicted molar refractivity (Wildman–Crippen MR) is 70.1 cm³/mol. The van der Waals surface area contributed by atoms with E-state index in [1.54, 1.807) is 0 Å². The van der Waals surface area contributed by atoms with Gasteiger partial charge in [0.05, 0.1) is 5.56 Å². The van der Waals surface area contributed by atoms with Crippen LogP contribution in [0.5, 0.6) is 0 Å². The molecule has 0 aliphatic rings. The maximum Gasteiger partial charge on any atom is 0.416 e. The van der Waals surface area contributed by atoms with Gasteiger partial charge in [-0.1, -0.05) is 0 Å². The van der Waals surface area contributed by atoms with E-state index < -0.39 is 11.7 Å². The Kier molecular flexibility index (Phi) is 3.45. The van der Waals surface area contributed by atoms with Crippen molar-refractivity contribution in [1.29, 1.82) is 0 Å². The van der Waals surface area contributed by atoms with Crippen LogP contribution in [0.3, 0.4) is 0 Å². The minimum Gasteiger partial charge on any atom is -0.422 e. The molecular weight excluding hydrogens is 299 g/mol. The fraction of sp³-hybridized carbons (Fsp3) is 0.0769. The Labute approximate surface area is 122 Å². The molecule has 0 amide bonds. The molecule has 2 heterocycles. The lowest BCUT2D eigenvalue weighted by atomic mass is 10.2. The lowest BCUT2D eigenvalue weighted by molar-refractivity contribution is -0.137. The average Bonchev–Trinajstić information content (AvgIpc) is 3.01. The summed E-state index contributed by atoms with van der Waals surface area (Å²) in [5.41, 5.74) is 0.00323. The van der Waals surface area contributed by atoms with Gasteiger partial charge in [-0.05, 0) is 24.3 Å². The largest absolute Gasteiger partial charge is 0.422 e. The molecule has 6 nitrogen and oxygen atoms in total. The molecule has 9 heteroatoms. The fourth-order valence-electron chi connectivity index (χ4n) is 1.74. The molecule has 22 heavy (non-hydrogen) atoms. The highest BCUT2D eigenvalue weighted by Crippen LogP contribution is 2.31. The molecule has 2 aromatic heterocycles. The molecule has 0 spiro atoms. The van der Waals surface area contributed by atoms with Crippen LogP contribution in [0.1, 0.15) is 5.56 Å². The summed E-state index contributed by atoms with van der Waals surface area (Å²) in [7, 11) is 0. The van der Waals surface area contributed by atoms with E-state index in [2.05, 4.69) is 25.5 Å². The van der Waals surface area contributed by atoms with Crippen molar-refractivity contribution in [3.8, 4) is 11.6 Å². The molecule has 0 saturated heterocycles. The first-order valence-corrected chi connectivity index (χ1v) is 6.06. The van der Waals surface area contributed by atoms with Crippen molar-refractivity contribution in [1.82, 2.24) is 20.2 Å². The normalized spacial score (nSPS) is 11.4. The van der Waals surface area contributed by atoms with Crippen molar-refractivity contribution < 1.29 is 17.6 Å². The standard InChI is InChI=1S/C13H8F3N5O/c14-13(15,16)8-1-3-9(4-2-8)20-11-10(17-5-6-18-11)12-21-19-7-22-12/h1-7H,(H,18,20). The molecule has 112 valence electrons. The van der Waals surface area contributed by atoms with E-state index in [1.807, 2.05) is 0 Å². The molecule has 1 N–H and O–H groups in total. The van der Waals surface area contributed by atoms with Crippen LogP contribution >= 0.6 is 0 Å². The van der Waals surface area contributed by atoms with Gasteiger partial charge in [0, 0.05) is 18.1 Å². The first-order valence-electron chi connectivity index (χ1n) is 6.06. The van der Waals surface area contributed by atoms with Gasteiger partial charge >= 0.3 is 6.18 Å². The van der Waals surface area contributed by atoms with Gasteiger partial charge < -0.3 is 9.73 Å². The second kappa shape index (κ2) is 5.43. The number of aromatic nitrogens is 4. The number of halogens is 3. The summed E-state index contributed by atoms with van der Waals surface area (Å²) in [5, 5.41) is 10.1. The smallest absolute Gasteiger partial charge is 0.416 e. The zero-order valence-electron chi connectivity index (χ0n) is 10.9. The van der Waals surface area contributed by atoms with E-state index in [1.165, 1.54) is 24.5 Å². The summed E-state index contributed by atoms with van der Waals surface area (Å²) < 4.78 is 42.6. The van der Waals surface area contributed by atoms with Crippen LogP contribution in [0, 0.1) is 0 Å². The summed E-state index contributed by atoms with van der Waals surface area (Å²) in [6.45, 7) is 0. The van der Waals surface area contributed by atoms with E-state index in [4.69, 9.17) is 4.42 Å². The molecule has 0 radical (unpaired) electrons. The summed E-state index contributed by atoms with van der Waals surface area (Å²) >= 11 is 0. The van der Waals surface area contributed by atoms with Crippen LogP contribution in [0.15, 0.2) is 47.5 Å². The molecule has 3 aromatic rings. The molecule has 0 atom stereocenters. The van der Waals surface area contributed by atoms with Crippen LogP contribution in [-0.2, 0) is 6.18 Å². The van der Waals surface area contributed by atoms with Gasteiger partial charge in [0.15, 0.2) is 11.5 Å². The number of rotatable bonds is 3. The molecule has 0 aliphatic heterocycles. The Morgan fingerprint density at radius 2 is 1.73 bits per heavy atom. The van der Waals surface area contributed by atoms with Crippen molar-refractivity contribution in [2.75, 3.05) is 5.32 Å². The molecule has 0 fully saturated rings. The quantitative estimate of drug-likeness (QED) is 0.800. The Hall–Kier alpha value is -2.97. The van der Waals surface area contributed by atoms with Crippen molar-refractivity contribution in [3.05, 3.63) is 48.6 Å².